The van der Waals surface area contributed by atoms with Gasteiger partial charge in [0, 0.05) is 12.2 Å². The Labute approximate surface area is 101 Å². The zero-order valence-electron chi connectivity index (χ0n) is 10.3. The zero-order valence-corrected chi connectivity index (χ0v) is 10.3. The van der Waals surface area contributed by atoms with E-state index in [1.165, 1.54) is 19.3 Å². The molecule has 0 aromatic carbocycles. The highest BCUT2D eigenvalue weighted by Gasteiger charge is 2.34. The number of fused-ring (bicyclic) bond motifs is 1. The molecular formula is C13H18N4. The molecule has 0 amide bonds. The molecule has 1 saturated carbocycles. The van der Waals surface area contributed by atoms with Crippen molar-refractivity contribution in [3.63, 3.8) is 0 Å². The molecule has 2 aromatic heterocycles. The van der Waals surface area contributed by atoms with E-state index in [-0.39, 0.29) is 0 Å². The van der Waals surface area contributed by atoms with Crippen LogP contribution in [0.25, 0.3) is 5.65 Å². The van der Waals surface area contributed by atoms with E-state index in [1.54, 1.807) is 0 Å². The molecule has 17 heavy (non-hydrogen) atoms. The van der Waals surface area contributed by atoms with Crippen molar-refractivity contribution < 1.29 is 0 Å². The molecule has 0 aliphatic heterocycles. The highest BCUT2D eigenvalue weighted by molar-refractivity contribution is 5.43. The van der Waals surface area contributed by atoms with Crippen LogP contribution in [0.15, 0.2) is 24.4 Å². The fourth-order valence-electron chi connectivity index (χ4n) is 2.64. The van der Waals surface area contributed by atoms with E-state index in [4.69, 9.17) is 0 Å². The quantitative estimate of drug-likeness (QED) is 0.862. The molecule has 2 heterocycles. The third-order valence-corrected chi connectivity index (χ3v) is 3.80. The molecule has 2 aromatic rings. The van der Waals surface area contributed by atoms with Gasteiger partial charge in [-0.15, -0.1) is 5.10 Å². The minimum atomic E-state index is 0.345. The Hall–Kier alpha value is -1.58. The largest absolute Gasteiger partial charge is 0.350 e. The van der Waals surface area contributed by atoms with Crippen LogP contribution in [0.2, 0.25) is 0 Å². The third-order valence-electron chi connectivity index (χ3n) is 3.80. The van der Waals surface area contributed by atoms with Gasteiger partial charge < -0.3 is 5.32 Å². The normalized spacial score (nSPS) is 23.1. The molecule has 0 saturated heterocycles. The molecule has 90 valence electrons. The van der Waals surface area contributed by atoms with Crippen LogP contribution in [0.1, 0.15) is 33.1 Å². The van der Waals surface area contributed by atoms with E-state index < -0.39 is 0 Å². The summed E-state index contributed by atoms with van der Waals surface area (Å²) < 4.78 is 1.81. The summed E-state index contributed by atoms with van der Waals surface area (Å²) in [4.78, 5) is 4.48. The first-order chi connectivity index (χ1) is 8.15. The summed E-state index contributed by atoms with van der Waals surface area (Å²) in [5.74, 6) is 0.746. The van der Waals surface area contributed by atoms with Crippen LogP contribution in [0.4, 0.5) is 5.95 Å². The van der Waals surface area contributed by atoms with Gasteiger partial charge in [0.05, 0.1) is 0 Å². The maximum atomic E-state index is 4.48. The zero-order chi connectivity index (χ0) is 11.9. The maximum Gasteiger partial charge on any atom is 0.243 e. The van der Waals surface area contributed by atoms with Gasteiger partial charge in [-0.25, -0.2) is 4.52 Å². The monoisotopic (exact) mass is 230 g/mol. The molecular weight excluding hydrogens is 212 g/mol. The van der Waals surface area contributed by atoms with Gasteiger partial charge in [0.15, 0.2) is 5.65 Å². The summed E-state index contributed by atoms with van der Waals surface area (Å²) >= 11 is 0. The molecule has 1 fully saturated rings. The van der Waals surface area contributed by atoms with Crippen LogP contribution < -0.4 is 5.32 Å². The molecule has 1 atom stereocenters. The first kappa shape index (κ1) is 10.6. The second-order valence-electron chi connectivity index (χ2n) is 5.52. The number of aromatic nitrogens is 3. The lowest BCUT2D eigenvalue weighted by Crippen LogP contribution is -2.31. The Morgan fingerprint density at radius 3 is 3.00 bits per heavy atom. The second-order valence-corrected chi connectivity index (χ2v) is 5.52. The average Bonchev–Trinajstić information content (AvgIpc) is 2.82. The number of nitrogens with one attached hydrogen (secondary N) is 1. The number of hydrogen-bond donors (Lipinski definition) is 1. The predicted octanol–water partition coefficient (Wildman–Crippen LogP) is 2.72. The summed E-state index contributed by atoms with van der Waals surface area (Å²) in [6, 6.07) is 6.40. The van der Waals surface area contributed by atoms with E-state index in [2.05, 4.69) is 29.2 Å². The van der Waals surface area contributed by atoms with Crippen molar-refractivity contribution in [3.8, 4) is 0 Å². The van der Waals surface area contributed by atoms with Gasteiger partial charge in [0.1, 0.15) is 0 Å². The minimum absolute atomic E-state index is 0.345. The van der Waals surface area contributed by atoms with Gasteiger partial charge in [-0.3, -0.25) is 0 Å². The number of anilines is 1. The Balaban J connectivity index is 1.85. The molecule has 1 N–H and O–H groups in total. The number of nitrogens with zero attached hydrogens (tertiary/aromatic N) is 3. The molecule has 4 nitrogen and oxygen atoms in total. The van der Waals surface area contributed by atoms with Crippen molar-refractivity contribution in [2.45, 2.75) is 39.2 Å². The number of hydrogen-bond acceptors (Lipinski definition) is 3. The van der Waals surface area contributed by atoms with Crippen molar-refractivity contribution in [1.82, 2.24) is 14.6 Å². The summed E-state index contributed by atoms with van der Waals surface area (Å²) in [6.07, 6.45) is 5.70. The molecule has 1 aliphatic rings. The van der Waals surface area contributed by atoms with Crippen LogP contribution in [0.5, 0.6) is 0 Å². The smallest absolute Gasteiger partial charge is 0.243 e. The van der Waals surface area contributed by atoms with Crippen LogP contribution in [0.3, 0.4) is 0 Å². The highest BCUT2D eigenvalue weighted by Crippen LogP contribution is 2.38. The summed E-state index contributed by atoms with van der Waals surface area (Å²) in [5, 5.41) is 7.91. The fourth-order valence-corrected chi connectivity index (χ4v) is 2.64. The minimum Gasteiger partial charge on any atom is -0.350 e. The topological polar surface area (TPSA) is 42.2 Å². The Morgan fingerprint density at radius 2 is 2.29 bits per heavy atom. The van der Waals surface area contributed by atoms with Crippen molar-refractivity contribution in [2.75, 3.05) is 5.32 Å². The Morgan fingerprint density at radius 1 is 1.41 bits per heavy atom. The van der Waals surface area contributed by atoms with Gasteiger partial charge in [0.25, 0.3) is 0 Å². The molecule has 1 aliphatic carbocycles. The van der Waals surface area contributed by atoms with Crippen LogP contribution in [0, 0.1) is 5.41 Å². The van der Waals surface area contributed by atoms with Gasteiger partial charge >= 0.3 is 0 Å². The Kier molecular flexibility index (Phi) is 2.31. The van der Waals surface area contributed by atoms with Crippen molar-refractivity contribution >= 4 is 11.6 Å². The second kappa shape index (κ2) is 3.72. The molecule has 0 bridgehead atoms. The molecule has 3 rings (SSSR count). The summed E-state index contributed by atoms with van der Waals surface area (Å²) in [5.41, 5.74) is 1.24. The SMILES string of the molecule is CC1(C)CCCC1Nc1nc2ccccn2n1. The molecule has 0 radical (unpaired) electrons. The lowest BCUT2D eigenvalue weighted by atomic mass is 9.87. The van der Waals surface area contributed by atoms with Gasteiger partial charge in [-0.05, 0) is 30.4 Å². The molecule has 4 heteroatoms. The van der Waals surface area contributed by atoms with Gasteiger partial charge in [-0.1, -0.05) is 26.3 Å². The van der Waals surface area contributed by atoms with Crippen LogP contribution in [-0.4, -0.2) is 20.6 Å². The lowest BCUT2D eigenvalue weighted by Gasteiger charge is -2.27. The standard InChI is InChI=1S/C13H18N4/c1-13(2)8-5-6-10(13)14-12-15-11-7-3-4-9-17(11)16-12/h3-4,7,9-10H,5-6,8H2,1-2H3,(H,14,16). The predicted molar refractivity (Wildman–Crippen MR) is 68.0 cm³/mol. The summed E-state index contributed by atoms with van der Waals surface area (Å²) in [7, 11) is 0. The molecule has 0 spiro atoms. The summed E-state index contributed by atoms with van der Waals surface area (Å²) in [6.45, 7) is 4.63. The van der Waals surface area contributed by atoms with E-state index in [0.717, 1.165) is 11.6 Å². The van der Waals surface area contributed by atoms with Crippen LogP contribution >= 0.6 is 0 Å². The number of pyridine rings is 1. The third kappa shape index (κ3) is 1.88. The van der Waals surface area contributed by atoms with Gasteiger partial charge in [0.2, 0.25) is 5.95 Å². The van der Waals surface area contributed by atoms with Crippen molar-refractivity contribution in [1.29, 1.82) is 0 Å². The molecule has 1 unspecified atom stereocenters. The van der Waals surface area contributed by atoms with E-state index in [0.29, 0.717) is 11.5 Å². The first-order valence-corrected chi connectivity index (χ1v) is 6.23. The van der Waals surface area contributed by atoms with Crippen molar-refractivity contribution in [2.24, 2.45) is 5.41 Å². The number of rotatable bonds is 2. The Bertz CT molecular complexity index is 496. The fraction of sp³-hybridized carbons (Fsp3) is 0.538. The van der Waals surface area contributed by atoms with E-state index >= 15 is 0 Å². The average molecular weight is 230 g/mol. The van der Waals surface area contributed by atoms with Crippen molar-refractivity contribution in [3.05, 3.63) is 24.4 Å². The highest BCUT2D eigenvalue weighted by atomic mass is 15.3. The first-order valence-electron chi connectivity index (χ1n) is 6.23. The van der Waals surface area contributed by atoms with E-state index in [1.807, 2.05) is 28.9 Å². The van der Waals surface area contributed by atoms with E-state index in [9.17, 15) is 0 Å². The van der Waals surface area contributed by atoms with Crippen LogP contribution in [-0.2, 0) is 0 Å². The lowest BCUT2D eigenvalue weighted by molar-refractivity contribution is 0.349. The maximum absolute atomic E-state index is 4.48. The van der Waals surface area contributed by atoms with Gasteiger partial charge in [-0.2, -0.15) is 4.98 Å².